The number of pyridine rings is 1. The number of carbonyl (C=O) groups excluding carboxylic acids is 1. The van der Waals surface area contributed by atoms with E-state index in [1.165, 1.54) is 16.0 Å². The molecular weight excluding hydrogens is 816 g/mol. The van der Waals surface area contributed by atoms with Crippen LogP contribution in [0.2, 0.25) is 0 Å². The summed E-state index contributed by atoms with van der Waals surface area (Å²) < 4.78 is 132. The maximum atomic E-state index is 15.4. The summed E-state index contributed by atoms with van der Waals surface area (Å²) in [6.07, 6.45) is -2.72. The molecule has 4 aromatic heterocycles. The van der Waals surface area contributed by atoms with Gasteiger partial charge in [-0.3, -0.25) is 18.9 Å². The van der Waals surface area contributed by atoms with E-state index in [0.717, 1.165) is 31.2 Å². The molecule has 0 radical (unpaired) electrons. The van der Waals surface area contributed by atoms with Crippen LogP contribution in [0.4, 0.5) is 41.7 Å². The van der Waals surface area contributed by atoms with E-state index in [2.05, 4.69) is 30.5 Å². The zero-order valence-electron chi connectivity index (χ0n) is 30.7. The Bertz CT molecular complexity index is 2790. The van der Waals surface area contributed by atoms with E-state index in [4.69, 9.17) is 4.98 Å². The number of hydrogen-bond acceptors (Lipinski definition) is 9. The molecule has 9 rings (SSSR count). The topological polar surface area (TPSA) is 149 Å². The Morgan fingerprint density at radius 3 is 2.45 bits per heavy atom. The Morgan fingerprint density at radius 2 is 1.78 bits per heavy atom. The molecule has 3 aliphatic carbocycles. The van der Waals surface area contributed by atoms with Gasteiger partial charge in [0.25, 0.3) is 5.92 Å². The van der Waals surface area contributed by atoms with Gasteiger partial charge in [-0.15, -0.1) is 0 Å². The Balaban J connectivity index is 1.19. The van der Waals surface area contributed by atoms with Crippen LogP contribution in [0.5, 0.6) is 0 Å². The number of aromatic nitrogens is 6. The monoisotopic (exact) mass is 847 g/mol. The number of sulfonamides is 1. The number of para-hydroxylation sites is 1. The second-order valence-corrected chi connectivity index (χ2v) is 18.2. The number of anilines is 2. The fourth-order valence-corrected chi connectivity index (χ4v) is 9.44. The number of nitrogens with zero attached hydrogens (tertiary/aromatic N) is 6. The third-order valence-corrected chi connectivity index (χ3v) is 12.3. The predicted octanol–water partition coefficient (Wildman–Crippen LogP) is 7.38. The summed E-state index contributed by atoms with van der Waals surface area (Å²) in [5, 5.41) is 14.9. The lowest BCUT2D eigenvalue weighted by Gasteiger charge is -2.23. The van der Waals surface area contributed by atoms with Crippen LogP contribution in [-0.2, 0) is 46.9 Å². The molecule has 3 atom stereocenters. The number of benzene rings is 2. The fourth-order valence-electron chi connectivity index (χ4n) is 7.94. The van der Waals surface area contributed by atoms with E-state index in [9.17, 15) is 35.2 Å². The molecule has 1 unspecified atom stereocenters. The van der Waals surface area contributed by atoms with Crippen molar-refractivity contribution in [1.29, 1.82) is 0 Å². The van der Waals surface area contributed by atoms with Crippen LogP contribution < -0.4 is 15.4 Å². The summed E-state index contributed by atoms with van der Waals surface area (Å²) in [4.78, 5) is 23.6. The third kappa shape index (κ3) is 6.80. The highest BCUT2D eigenvalue weighted by Crippen LogP contribution is 2.68. The molecule has 1 amide bonds. The van der Waals surface area contributed by atoms with Gasteiger partial charge in [-0.2, -0.15) is 32.1 Å². The van der Waals surface area contributed by atoms with Crippen molar-refractivity contribution < 1.29 is 43.9 Å². The van der Waals surface area contributed by atoms with Crippen molar-refractivity contribution in [1.82, 2.24) is 34.8 Å². The van der Waals surface area contributed by atoms with E-state index in [-0.39, 0.29) is 41.1 Å². The Hall–Kier alpha value is -5.31. The molecule has 0 spiro atoms. The summed E-state index contributed by atoms with van der Waals surface area (Å²) >= 11 is 1.30. The van der Waals surface area contributed by atoms with Crippen molar-refractivity contribution in [2.75, 3.05) is 16.3 Å². The molecule has 12 nitrogen and oxygen atoms in total. The number of aryl methyl sites for hydroxylation is 1. The standard InChI is InChI=1S/C37H32F7N9O3S2/c1-35(7-8-35)48-34-47-33-25(57-34)14-21(19-5-4-6-20-29(19)52(2)50-32(20)51-58(3,55)56)28(46-33)24(11-16-9-17(38)12-18(39)10-16)45-26(54)15-53-31-27(30(49-53)37(42,43)44)22-13-23(22)36(31,40)41/h4-6,9-10,12,14,22-24H,7-8,11,13,15H2,1-3H3,(H,45,54)(H,50,51)(H,46,47,48)/t22-,23?,24-/m0/s1. The molecule has 0 aliphatic heterocycles. The molecule has 2 aromatic carbocycles. The number of hydrogen-bond donors (Lipinski definition) is 3. The first-order valence-electron chi connectivity index (χ1n) is 18.0. The minimum atomic E-state index is -5.06. The maximum Gasteiger partial charge on any atom is 0.435 e. The van der Waals surface area contributed by atoms with Crippen LogP contribution in [-0.4, -0.2) is 55.6 Å². The van der Waals surface area contributed by atoms with E-state index in [0.29, 0.717) is 42.6 Å². The van der Waals surface area contributed by atoms with Gasteiger partial charge in [0.1, 0.15) is 23.9 Å². The molecule has 2 saturated carbocycles. The summed E-state index contributed by atoms with van der Waals surface area (Å²) in [6, 6.07) is 8.16. The van der Waals surface area contributed by atoms with Crippen LogP contribution in [0.3, 0.4) is 0 Å². The lowest BCUT2D eigenvalue weighted by molar-refractivity contribution is -0.142. The van der Waals surface area contributed by atoms with Gasteiger partial charge >= 0.3 is 6.18 Å². The van der Waals surface area contributed by atoms with Crippen LogP contribution in [0.15, 0.2) is 42.5 Å². The average Bonchev–Trinajstić information content (AvgIpc) is 3.90. The third-order valence-electron chi connectivity index (χ3n) is 10.8. The molecule has 0 bridgehead atoms. The number of halogens is 7. The van der Waals surface area contributed by atoms with Crippen LogP contribution in [0.25, 0.3) is 32.4 Å². The highest BCUT2D eigenvalue weighted by Gasteiger charge is 2.68. The Kier molecular flexibility index (Phi) is 8.46. The minimum absolute atomic E-state index is 0.0268. The van der Waals surface area contributed by atoms with Gasteiger partial charge < -0.3 is 10.6 Å². The number of fused-ring (bicyclic) bond motifs is 5. The van der Waals surface area contributed by atoms with Crippen LogP contribution in [0.1, 0.15) is 66.4 Å². The summed E-state index contributed by atoms with van der Waals surface area (Å²) in [5.74, 6) is -8.88. The zero-order chi connectivity index (χ0) is 41.3. The van der Waals surface area contributed by atoms with Crippen molar-refractivity contribution >= 4 is 59.5 Å². The quantitative estimate of drug-likeness (QED) is 0.115. The first kappa shape index (κ1) is 38.2. The lowest BCUT2D eigenvalue weighted by Crippen LogP contribution is -2.35. The smallest absolute Gasteiger partial charge is 0.356 e. The SMILES string of the molecule is Cn1nc(NS(C)(=O)=O)c2cccc(-c3cc4sc(NC5(C)CC5)nc4nc3[C@H](Cc3cc(F)cc(F)c3)NC(=O)Cn3nc(C(F)(F)F)c4c3C(F)(F)C3C[C@H]43)c21. The number of amides is 1. The molecule has 3 N–H and O–H groups in total. The first-order chi connectivity index (χ1) is 27.2. The van der Waals surface area contributed by atoms with Crippen molar-refractivity contribution in [3.8, 4) is 11.1 Å². The molecule has 4 heterocycles. The fraction of sp³-hybridized carbons (Fsp3) is 0.378. The summed E-state index contributed by atoms with van der Waals surface area (Å²) in [7, 11) is -2.18. The van der Waals surface area contributed by atoms with Gasteiger partial charge in [0.2, 0.25) is 15.9 Å². The number of rotatable bonds is 11. The second kappa shape index (κ2) is 12.8. The van der Waals surface area contributed by atoms with E-state index in [1.807, 2.05) is 6.92 Å². The average molecular weight is 848 g/mol. The highest BCUT2D eigenvalue weighted by atomic mass is 32.2. The van der Waals surface area contributed by atoms with Gasteiger partial charge in [0.05, 0.1) is 28.2 Å². The highest BCUT2D eigenvalue weighted by molar-refractivity contribution is 7.92. The molecule has 304 valence electrons. The van der Waals surface area contributed by atoms with E-state index < -0.39 is 81.0 Å². The van der Waals surface area contributed by atoms with Crippen molar-refractivity contribution in [2.24, 2.45) is 13.0 Å². The predicted molar refractivity (Wildman–Crippen MR) is 200 cm³/mol. The largest absolute Gasteiger partial charge is 0.435 e. The number of thiazole rings is 1. The minimum Gasteiger partial charge on any atom is -0.356 e. The summed E-state index contributed by atoms with van der Waals surface area (Å²) in [5.41, 5.74) is -1.60. The number of alkyl halides is 5. The Morgan fingerprint density at radius 1 is 1.05 bits per heavy atom. The molecule has 58 heavy (non-hydrogen) atoms. The van der Waals surface area contributed by atoms with Crippen molar-refractivity contribution in [3.63, 3.8) is 0 Å². The first-order valence-corrected chi connectivity index (χ1v) is 20.7. The van der Waals surface area contributed by atoms with Crippen molar-refractivity contribution in [2.45, 2.75) is 68.7 Å². The number of carbonyl (C=O) groups is 1. The molecular formula is C37H32F7N9O3S2. The van der Waals surface area contributed by atoms with Gasteiger partial charge in [0, 0.05) is 46.6 Å². The molecule has 2 fully saturated rings. The Labute approximate surface area is 328 Å². The molecule has 6 aromatic rings. The number of nitrogens with one attached hydrogen (secondary N) is 3. The maximum absolute atomic E-state index is 15.4. The molecule has 0 saturated heterocycles. The molecule has 3 aliphatic rings. The second-order valence-electron chi connectivity index (χ2n) is 15.4. The van der Waals surface area contributed by atoms with E-state index >= 15 is 8.78 Å². The van der Waals surface area contributed by atoms with Crippen LogP contribution >= 0.6 is 11.3 Å². The van der Waals surface area contributed by atoms with Crippen LogP contribution in [0, 0.1) is 17.6 Å². The van der Waals surface area contributed by atoms with Gasteiger partial charge in [-0.25, -0.2) is 27.2 Å². The zero-order valence-corrected chi connectivity index (χ0v) is 32.3. The normalized spacial score (nSPS) is 19.6. The summed E-state index contributed by atoms with van der Waals surface area (Å²) in [6.45, 7) is 0.990. The van der Waals surface area contributed by atoms with Gasteiger partial charge in [0.15, 0.2) is 22.3 Å². The van der Waals surface area contributed by atoms with Crippen molar-refractivity contribution in [3.05, 3.63) is 82.3 Å². The van der Waals surface area contributed by atoms with Gasteiger partial charge in [-0.05, 0) is 68.4 Å². The van der Waals surface area contributed by atoms with Gasteiger partial charge in [-0.1, -0.05) is 23.5 Å². The lowest BCUT2D eigenvalue weighted by atomic mass is 9.94. The molecule has 21 heteroatoms. The van der Waals surface area contributed by atoms with E-state index in [1.54, 1.807) is 31.3 Å².